The van der Waals surface area contributed by atoms with Crippen molar-refractivity contribution in [2.24, 2.45) is 5.84 Å². The predicted octanol–water partition coefficient (Wildman–Crippen LogP) is 4.85. The van der Waals surface area contributed by atoms with Crippen molar-refractivity contribution in [2.75, 3.05) is 16.9 Å². The highest BCUT2D eigenvalue weighted by atomic mass is 32.1. The third kappa shape index (κ3) is 5.83. The van der Waals surface area contributed by atoms with Crippen LogP contribution in [0.15, 0.2) is 48.6 Å². The number of hydrogen-bond acceptors (Lipinski definition) is 6. The summed E-state index contributed by atoms with van der Waals surface area (Å²) < 4.78 is 6.78. The molecule has 0 aliphatic rings. The highest BCUT2D eigenvalue weighted by Crippen LogP contribution is 2.34. The fourth-order valence-electron chi connectivity index (χ4n) is 3.05. The van der Waals surface area contributed by atoms with Gasteiger partial charge in [-0.05, 0) is 67.0 Å². The van der Waals surface area contributed by atoms with Crippen LogP contribution in [0.25, 0.3) is 6.08 Å². The molecule has 0 aromatic heterocycles. The molecule has 0 heterocycles. The quantitative estimate of drug-likeness (QED) is 0.163. The molecule has 2 aromatic rings. The van der Waals surface area contributed by atoms with E-state index in [1.165, 1.54) is 4.41 Å². The highest BCUT2D eigenvalue weighted by molar-refractivity contribution is 7.81. The van der Waals surface area contributed by atoms with Gasteiger partial charge >= 0.3 is 0 Å². The van der Waals surface area contributed by atoms with E-state index in [0.717, 1.165) is 27.9 Å². The number of nitrogens with two attached hydrogens (primary N) is 1. The topological polar surface area (TPSA) is 79.6 Å². The SMILES string of the molecule is C=C(/C=C\c1c(C)ccc(C)c1NN)C(=O)NN(S)c1cc(C(C)(C)C)ccc1OC. The molecule has 0 saturated carbocycles. The van der Waals surface area contributed by atoms with E-state index < -0.39 is 0 Å². The van der Waals surface area contributed by atoms with Crippen LogP contribution in [0.5, 0.6) is 5.75 Å². The molecular formula is C24H32N4O2S. The Hall–Kier alpha value is -2.90. The molecule has 1 amide bonds. The first-order valence-electron chi connectivity index (χ1n) is 9.92. The van der Waals surface area contributed by atoms with Crippen LogP contribution in [0.2, 0.25) is 0 Å². The monoisotopic (exact) mass is 440 g/mol. The smallest absolute Gasteiger partial charge is 0.269 e. The van der Waals surface area contributed by atoms with Crippen molar-refractivity contribution in [3.8, 4) is 5.75 Å². The van der Waals surface area contributed by atoms with Crippen molar-refractivity contribution in [1.29, 1.82) is 0 Å². The predicted molar refractivity (Wildman–Crippen MR) is 133 cm³/mol. The van der Waals surface area contributed by atoms with E-state index in [1.54, 1.807) is 13.2 Å². The summed E-state index contributed by atoms with van der Waals surface area (Å²) in [6.07, 6.45) is 3.48. The van der Waals surface area contributed by atoms with Crippen LogP contribution >= 0.6 is 12.8 Å². The minimum Gasteiger partial charge on any atom is -0.494 e. The van der Waals surface area contributed by atoms with Gasteiger partial charge in [-0.3, -0.25) is 16.1 Å². The Labute approximate surface area is 190 Å². The maximum atomic E-state index is 12.7. The van der Waals surface area contributed by atoms with Gasteiger partial charge in [-0.15, -0.1) is 0 Å². The molecule has 0 aliphatic carbocycles. The first kappa shape index (κ1) is 24.4. The normalized spacial score (nSPS) is 11.4. The third-order valence-electron chi connectivity index (χ3n) is 5.04. The van der Waals surface area contributed by atoms with Crippen LogP contribution in [0.1, 0.15) is 43.0 Å². The molecule has 0 fully saturated rings. The number of rotatable bonds is 7. The van der Waals surface area contributed by atoms with Gasteiger partial charge in [-0.2, -0.15) is 0 Å². The van der Waals surface area contributed by atoms with Gasteiger partial charge in [0.15, 0.2) is 0 Å². The molecule has 0 bridgehead atoms. The Kier molecular flexibility index (Phi) is 7.81. The minimum atomic E-state index is -0.387. The van der Waals surface area contributed by atoms with Crippen molar-refractivity contribution in [2.45, 2.75) is 40.0 Å². The molecule has 31 heavy (non-hydrogen) atoms. The lowest BCUT2D eigenvalue weighted by atomic mass is 9.87. The summed E-state index contributed by atoms with van der Waals surface area (Å²) >= 11 is 4.45. The van der Waals surface area contributed by atoms with Gasteiger partial charge in [-0.25, -0.2) is 4.41 Å². The number of thiol groups is 1. The zero-order chi connectivity index (χ0) is 23.3. The summed E-state index contributed by atoms with van der Waals surface area (Å²) in [5.41, 5.74) is 11.1. The first-order chi connectivity index (χ1) is 14.5. The lowest BCUT2D eigenvalue weighted by Crippen LogP contribution is -2.36. The van der Waals surface area contributed by atoms with Crippen LogP contribution in [0.4, 0.5) is 11.4 Å². The molecule has 0 aliphatic heterocycles. The summed E-state index contributed by atoms with van der Waals surface area (Å²) in [6, 6.07) is 9.80. The van der Waals surface area contributed by atoms with Gasteiger partial charge in [0, 0.05) is 11.1 Å². The average molecular weight is 441 g/mol. The molecule has 6 nitrogen and oxygen atoms in total. The standard InChI is InChI=1S/C24H32N4O2S/c1-15-8-9-16(2)22(26-25)19(15)12-10-17(3)23(29)27-28(31)20-14-18(24(4,5)6)11-13-21(20)30-7/h8-14,26,31H,3,25H2,1-2,4-7H3,(H,27,29)/b12-10-. The van der Waals surface area contributed by atoms with Gasteiger partial charge in [-0.1, -0.05) is 51.6 Å². The van der Waals surface area contributed by atoms with Crippen molar-refractivity contribution >= 4 is 36.2 Å². The molecule has 0 spiro atoms. The van der Waals surface area contributed by atoms with Crippen LogP contribution in [-0.2, 0) is 10.2 Å². The van der Waals surface area contributed by atoms with Crippen molar-refractivity contribution < 1.29 is 9.53 Å². The average Bonchev–Trinajstić information content (AvgIpc) is 2.72. The second kappa shape index (κ2) is 9.94. The Bertz CT molecular complexity index is 1010. The number of ether oxygens (including phenoxy) is 1. The van der Waals surface area contributed by atoms with Gasteiger partial charge in [0.2, 0.25) is 0 Å². The fourth-order valence-corrected chi connectivity index (χ4v) is 3.30. The number of aryl methyl sites for hydroxylation is 2. The number of nitrogens with zero attached hydrogens (tertiary/aromatic N) is 1. The third-order valence-corrected chi connectivity index (χ3v) is 5.36. The lowest BCUT2D eigenvalue weighted by molar-refractivity contribution is -0.117. The van der Waals surface area contributed by atoms with Crippen LogP contribution in [-0.4, -0.2) is 13.0 Å². The number of hydrogen-bond donors (Lipinski definition) is 4. The Morgan fingerprint density at radius 1 is 1.19 bits per heavy atom. The number of carbonyl (C=O) groups excluding carboxylic acids is 1. The second-order valence-electron chi connectivity index (χ2n) is 8.38. The van der Waals surface area contributed by atoms with Crippen LogP contribution in [0.3, 0.4) is 0 Å². The first-order valence-corrected chi connectivity index (χ1v) is 10.3. The maximum Gasteiger partial charge on any atom is 0.269 e. The van der Waals surface area contributed by atoms with E-state index in [9.17, 15) is 4.79 Å². The molecule has 0 radical (unpaired) electrons. The van der Waals surface area contributed by atoms with E-state index in [0.29, 0.717) is 11.4 Å². The summed E-state index contributed by atoms with van der Waals surface area (Å²) in [5, 5.41) is 0. The maximum absolute atomic E-state index is 12.7. The fraction of sp³-hybridized carbons (Fsp3) is 0.292. The number of hydrazine groups is 2. The highest BCUT2D eigenvalue weighted by Gasteiger charge is 2.19. The molecular weight excluding hydrogens is 408 g/mol. The summed E-state index contributed by atoms with van der Waals surface area (Å²) in [7, 11) is 1.58. The summed E-state index contributed by atoms with van der Waals surface area (Å²) in [6.45, 7) is 14.2. The van der Waals surface area contributed by atoms with Crippen molar-refractivity contribution in [3.05, 3.63) is 70.8 Å². The van der Waals surface area contributed by atoms with Gasteiger partial charge in [0.05, 0.1) is 12.8 Å². The molecule has 2 rings (SSSR count). The van der Waals surface area contributed by atoms with Crippen LogP contribution < -0.4 is 25.8 Å². The minimum absolute atomic E-state index is 0.0631. The van der Waals surface area contributed by atoms with Crippen LogP contribution in [0, 0.1) is 13.8 Å². The number of benzene rings is 2. The Balaban J connectivity index is 2.22. The molecule has 0 unspecified atom stereocenters. The van der Waals surface area contributed by atoms with E-state index in [4.69, 9.17) is 10.6 Å². The van der Waals surface area contributed by atoms with E-state index >= 15 is 0 Å². The molecule has 4 N–H and O–H groups in total. The number of carbonyl (C=O) groups is 1. The van der Waals surface area contributed by atoms with Gasteiger partial charge < -0.3 is 10.2 Å². The van der Waals surface area contributed by atoms with Gasteiger partial charge in [0.1, 0.15) is 11.4 Å². The van der Waals surface area contributed by atoms with E-state index in [2.05, 4.69) is 51.0 Å². The molecule has 166 valence electrons. The van der Waals surface area contributed by atoms with Crippen molar-refractivity contribution in [3.63, 3.8) is 0 Å². The van der Waals surface area contributed by atoms with E-state index in [1.807, 2.05) is 50.3 Å². The lowest BCUT2D eigenvalue weighted by Gasteiger charge is -2.25. The van der Waals surface area contributed by atoms with Gasteiger partial charge in [0.25, 0.3) is 5.91 Å². The molecule has 7 heteroatoms. The molecule has 0 saturated heterocycles. The largest absolute Gasteiger partial charge is 0.494 e. The summed E-state index contributed by atoms with van der Waals surface area (Å²) in [4.78, 5) is 12.7. The number of nitrogen functional groups attached to an aromatic ring is 1. The Morgan fingerprint density at radius 2 is 1.84 bits per heavy atom. The van der Waals surface area contributed by atoms with E-state index in [-0.39, 0.29) is 16.9 Å². The molecule has 0 atom stereocenters. The number of amides is 1. The zero-order valence-electron chi connectivity index (χ0n) is 19.0. The Morgan fingerprint density at radius 3 is 2.42 bits per heavy atom. The van der Waals surface area contributed by atoms with Crippen molar-refractivity contribution in [1.82, 2.24) is 5.43 Å². The second-order valence-corrected chi connectivity index (χ2v) is 8.78. The number of methoxy groups -OCH3 is 1. The summed E-state index contributed by atoms with van der Waals surface area (Å²) in [5.74, 6) is 5.88. The number of anilines is 2. The molecule has 2 aromatic carbocycles. The zero-order valence-corrected chi connectivity index (χ0v) is 19.9. The number of nitrogens with one attached hydrogen (secondary N) is 2.